The van der Waals surface area contributed by atoms with E-state index in [0.717, 1.165) is 53.7 Å². The molecule has 2 atom stereocenters. The summed E-state index contributed by atoms with van der Waals surface area (Å²) < 4.78 is 15.9. The first-order chi connectivity index (χ1) is 32.4. The number of benzene rings is 4. The fraction of sp³-hybridized carbons (Fsp3) is 0.240. The number of nitrogens with two attached hydrogens (primary N) is 1. The first-order valence-corrected chi connectivity index (χ1v) is 22.2. The van der Waals surface area contributed by atoms with Crippen LogP contribution in [0.15, 0.2) is 135 Å². The SMILES string of the molecule is C=CC(=O)N1CCCC(n2nc(-c3ccc(Oc4ccccc4)cc3)c3c(NCCC(=O)N4CCCC(n5nc(-c6ccc(Oc7ccccc7)cc6)c6c(N)ncnc65)C4)ncnc32)C1. The number of para-hydroxylation sites is 2. The number of amides is 2. The van der Waals surface area contributed by atoms with E-state index in [2.05, 4.69) is 26.8 Å². The number of carbonyl (C=O) groups is 2. The zero-order chi connectivity index (χ0) is 45.0. The standard InChI is InChI=1S/C50H48N12O4/c1-2-41(63)59-27-9-11-35(29-59)62-50-44(46(58-62)34-19-23-40(24-20-34)66-38-15-7-4-8-16-38)48(54-32-56-50)52-26-25-42(64)60-28-10-12-36(30-60)61-49-43(47(51)53-31-55-49)45(57-61)33-17-21-39(22-18-33)65-37-13-5-3-6-14-37/h2-8,13-24,31-32,35-36H,1,9-12,25-30H2,(H2,51,53,55)(H,52,54,56). The Kier molecular flexibility index (Phi) is 11.7. The van der Waals surface area contributed by atoms with Gasteiger partial charge >= 0.3 is 0 Å². The number of hydrogen-bond donors (Lipinski definition) is 2. The summed E-state index contributed by atoms with van der Waals surface area (Å²) in [4.78, 5) is 48.8. The van der Waals surface area contributed by atoms with E-state index in [1.807, 2.05) is 123 Å². The molecule has 2 aliphatic heterocycles. The molecule has 0 radical (unpaired) electrons. The average Bonchev–Trinajstić information content (AvgIpc) is 3.96. The Hall–Kier alpha value is -8.14. The second-order valence-electron chi connectivity index (χ2n) is 16.4. The Labute approximate surface area is 380 Å². The van der Waals surface area contributed by atoms with Crippen molar-refractivity contribution in [3.05, 3.63) is 135 Å². The number of anilines is 2. The number of likely N-dealkylation sites (tertiary alicyclic amines) is 2. The molecule has 10 rings (SSSR count). The number of nitrogen functional groups attached to an aromatic ring is 1. The van der Waals surface area contributed by atoms with Gasteiger partial charge in [-0.2, -0.15) is 10.2 Å². The summed E-state index contributed by atoms with van der Waals surface area (Å²) in [6.07, 6.45) is 7.82. The number of rotatable bonds is 13. The Bertz CT molecular complexity index is 3010. The fourth-order valence-electron chi connectivity index (χ4n) is 8.94. The number of fused-ring (bicyclic) bond motifs is 2. The number of carbonyl (C=O) groups excluding carboxylic acids is 2. The van der Waals surface area contributed by atoms with Crippen molar-refractivity contribution >= 4 is 45.5 Å². The average molecular weight is 881 g/mol. The van der Waals surface area contributed by atoms with E-state index in [-0.39, 0.29) is 30.3 Å². The smallest absolute Gasteiger partial charge is 0.246 e. The van der Waals surface area contributed by atoms with Crippen LogP contribution in [-0.2, 0) is 9.59 Å². The molecule has 16 heteroatoms. The number of hydrogen-bond acceptors (Lipinski definition) is 12. The molecular weight excluding hydrogens is 833 g/mol. The van der Waals surface area contributed by atoms with Crippen molar-refractivity contribution in [3.8, 4) is 45.5 Å². The predicted molar refractivity (Wildman–Crippen MR) is 252 cm³/mol. The van der Waals surface area contributed by atoms with Crippen LogP contribution >= 0.6 is 0 Å². The topological polar surface area (TPSA) is 184 Å². The zero-order valence-corrected chi connectivity index (χ0v) is 36.2. The van der Waals surface area contributed by atoms with Crippen molar-refractivity contribution in [1.29, 1.82) is 0 Å². The lowest BCUT2D eigenvalue weighted by atomic mass is 10.1. The van der Waals surface area contributed by atoms with Crippen LogP contribution in [-0.4, -0.2) is 93.8 Å². The van der Waals surface area contributed by atoms with Crippen molar-refractivity contribution in [1.82, 2.24) is 49.3 Å². The van der Waals surface area contributed by atoms with Crippen molar-refractivity contribution in [3.63, 3.8) is 0 Å². The molecule has 8 aromatic rings. The van der Waals surface area contributed by atoms with E-state index >= 15 is 0 Å². The first-order valence-electron chi connectivity index (χ1n) is 22.2. The molecule has 0 saturated carbocycles. The highest BCUT2D eigenvalue weighted by Crippen LogP contribution is 2.38. The summed E-state index contributed by atoms with van der Waals surface area (Å²) in [5.74, 6) is 3.68. The van der Waals surface area contributed by atoms with Crippen LogP contribution in [0.5, 0.6) is 23.0 Å². The van der Waals surface area contributed by atoms with Gasteiger partial charge in [-0.3, -0.25) is 9.59 Å². The van der Waals surface area contributed by atoms with E-state index in [1.165, 1.54) is 18.7 Å². The third-order valence-corrected chi connectivity index (χ3v) is 12.2. The van der Waals surface area contributed by atoms with Crippen molar-refractivity contribution in [2.75, 3.05) is 43.8 Å². The van der Waals surface area contributed by atoms with Gasteiger partial charge in [-0.15, -0.1) is 0 Å². The van der Waals surface area contributed by atoms with Gasteiger partial charge in [0.1, 0.15) is 58.7 Å². The van der Waals surface area contributed by atoms with Crippen molar-refractivity contribution < 1.29 is 19.1 Å². The van der Waals surface area contributed by atoms with E-state index in [4.69, 9.17) is 30.4 Å². The molecule has 2 aliphatic rings. The van der Waals surface area contributed by atoms with Crippen LogP contribution in [0.3, 0.4) is 0 Å². The van der Waals surface area contributed by atoms with Gasteiger partial charge in [-0.1, -0.05) is 43.0 Å². The van der Waals surface area contributed by atoms with Gasteiger partial charge in [0.2, 0.25) is 11.8 Å². The summed E-state index contributed by atoms with van der Waals surface area (Å²) in [7, 11) is 0. The van der Waals surface area contributed by atoms with Gasteiger partial charge in [0.15, 0.2) is 11.3 Å². The Morgan fingerprint density at radius 1 is 0.652 bits per heavy atom. The Morgan fingerprint density at radius 3 is 1.73 bits per heavy atom. The lowest BCUT2D eigenvalue weighted by Gasteiger charge is -2.33. The molecule has 4 aromatic carbocycles. The van der Waals surface area contributed by atoms with Crippen LogP contribution < -0.4 is 20.5 Å². The van der Waals surface area contributed by atoms with Crippen molar-refractivity contribution in [2.24, 2.45) is 0 Å². The molecule has 16 nitrogen and oxygen atoms in total. The van der Waals surface area contributed by atoms with Gasteiger partial charge in [-0.05, 0) is 105 Å². The predicted octanol–water partition coefficient (Wildman–Crippen LogP) is 8.48. The quantitative estimate of drug-likeness (QED) is 0.106. The van der Waals surface area contributed by atoms with Crippen LogP contribution in [0, 0.1) is 0 Å². The molecule has 2 saturated heterocycles. The summed E-state index contributed by atoms with van der Waals surface area (Å²) in [6, 6.07) is 34.5. The third kappa shape index (κ3) is 8.59. The molecule has 66 heavy (non-hydrogen) atoms. The Morgan fingerprint density at radius 2 is 1.15 bits per heavy atom. The van der Waals surface area contributed by atoms with Gasteiger partial charge in [0.05, 0.1) is 22.9 Å². The number of nitrogens with zero attached hydrogens (tertiary/aromatic N) is 10. The minimum absolute atomic E-state index is 0.0106. The van der Waals surface area contributed by atoms with Crippen molar-refractivity contribution in [2.45, 2.75) is 44.2 Å². The zero-order valence-electron chi connectivity index (χ0n) is 36.2. The van der Waals surface area contributed by atoms with Gasteiger partial charge in [0, 0.05) is 50.3 Å². The lowest BCUT2D eigenvalue weighted by molar-refractivity contribution is -0.132. The minimum atomic E-state index is -0.126. The minimum Gasteiger partial charge on any atom is -0.457 e. The molecule has 2 unspecified atom stereocenters. The van der Waals surface area contributed by atoms with E-state index < -0.39 is 0 Å². The monoisotopic (exact) mass is 880 g/mol. The number of nitrogens with one attached hydrogen (secondary N) is 1. The highest BCUT2D eigenvalue weighted by atomic mass is 16.5. The second-order valence-corrected chi connectivity index (χ2v) is 16.4. The van der Waals surface area contributed by atoms with E-state index in [9.17, 15) is 9.59 Å². The highest BCUT2D eigenvalue weighted by molar-refractivity contribution is 6.00. The largest absolute Gasteiger partial charge is 0.457 e. The first kappa shape index (κ1) is 41.8. The van der Waals surface area contributed by atoms with Crippen LogP contribution in [0.2, 0.25) is 0 Å². The number of ether oxygens (including phenoxy) is 2. The van der Waals surface area contributed by atoms with E-state index in [0.29, 0.717) is 83.9 Å². The fourth-order valence-corrected chi connectivity index (χ4v) is 8.94. The van der Waals surface area contributed by atoms with Gasteiger partial charge in [0.25, 0.3) is 0 Å². The molecule has 3 N–H and O–H groups in total. The number of aromatic nitrogens is 8. The highest BCUT2D eigenvalue weighted by Gasteiger charge is 2.31. The molecule has 6 heterocycles. The van der Waals surface area contributed by atoms with Crippen LogP contribution in [0.25, 0.3) is 44.6 Å². The molecule has 0 bridgehead atoms. The van der Waals surface area contributed by atoms with Crippen LogP contribution in [0.4, 0.5) is 11.6 Å². The maximum atomic E-state index is 14.0. The maximum absolute atomic E-state index is 14.0. The Balaban J connectivity index is 0.869. The summed E-state index contributed by atoms with van der Waals surface area (Å²) in [5.41, 5.74) is 10.8. The summed E-state index contributed by atoms with van der Waals surface area (Å²) in [6.45, 7) is 6.27. The summed E-state index contributed by atoms with van der Waals surface area (Å²) in [5, 5.41) is 15.1. The molecule has 0 spiro atoms. The molecule has 4 aromatic heterocycles. The maximum Gasteiger partial charge on any atom is 0.246 e. The molecule has 2 amide bonds. The summed E-state index contributed by atoms with van der Waals surface area (Å²) >= 11 is 0. The molecule has 332 valence electrons. The molecule has 0 aliphatic carbocycles. The van der Waals surface area contributed by atoms with Gasteiger partial charge < -0.3 is 30.3 Å². The second kappa shape index (κ2) is 18.5. The molecule has 2 fully saturated rings. The number of piperidine rings is 2. The normalized spacial score (nSPS) is 16.3. The lowest BCUT2D eigenvalue weighted by Crippen LogP contribution is -2.41. The van der Waals surface area contributed by atoms with E-state index in [1.54, 1.807) is 4.90 Å². The third-order valence-electron chi connectivity index (χ3n) is 12.2. The molecular formula is C50H48N12O4. The van der Waals surface area contributed by atoms with Crippen LogP contribution in [0.1, 0.15) is 44.2 Å². The van der Waals surface area contributed by atoms with Gasteiger partial charge in [-0.25, -0.2) is 29.3 Å².